The van der Waals surface area contributed by atoms with Crippen LogP contribution < -0.4 is 19.9 Å². The van der Waals surface area contributed by atoms with E-state index in [0.717, 1.165) is 5.69 Å². The van der Waals surface area contributed by atoms with Crippen molar-refractivity contribution >= 4 is 16.7 Å². The van der Waals surface area contributed by atoms with Crippen molar-refractivity contribution < 1.29 is 13.9 Å². The Kier molecular flexibility index (Phi) is 6.15. The number of aromatic nitrogens is 3. The number of rotatable bonds is 4. The highest BCUT2D eigenvalue weighted by Gasteiger charge is 2.36. The van der Waals surface area contributed by atoms with Gasteiger partial charge in [0, 0.05) is 56.0 Å². The van der Waals surface area contributed by atoms with E-state index in [1.54, 1.807) is 34.6 Å². The summed E-state index contributed by atoms with van der Waals surface area (Å²) in [5.74, 6) is 0.687. The molecule has 0 aliphatic carbocycles. The monoisotopic (exact) mass is 508 g/mol. The van der Waals surface area contributed by atoms with Crippen LogP contribution in [-0.2, 0) is 13.6 Å². The van der Waals surface area contributed by atoms with Crippen molar-refractivity contribution in [2.45, 2.75) is 64.9 Å². The molecular weight excluding hydrogens is 475 g/mol. The van der Waals surface area contributed by atoms with Crippen LogP contribution in [0.3, 0.4) is 0 Å². The fourth-order valence-corrected chi connectivity index (χ4v) is 5.46. The number of anilines is 1. The maximum Gasteiger partial charge on any atom is 0.252 e. The number of hydrogen-bond acceptors (Lipinski definition) is 7. The van der Waals surface area contributed by atoms with Gasteiger partial charge in [-0.15, -0.1) is 0 Å². The van der Waals surface area contributed by atoms with Gasteiger partial charge in [0.25, 0.3) is 5.56 Å². The number of halogens is 1. The van der Waals surface area contributed by atoms with Gasteiger partial charge >= 0.3 is 0 Å². The third kappa shape index (κ3) is 4.42. The minimum Gasteiger partial charge on any atom is -0.485 e. The van der Waals surface area contributed by atoms with Crippen LogP contribution >= 0.6 is 0 Å². The van der Waals surface area contributed by atoms with Crippen LogP contribution in [0, 0.1) is 17.1 Å². The molecule has 9 nitrogen and oxygen atoms in total. The highest BCUT2D eigenvalue weighted by Crippen LogP contribution is 2.40. The van der Waals surface area contributed by atoms with Gasteiger partial charge in [0.15, 0.2) is 11.5 Å². The van der Waals surface area contributed by atoms with Crippen molar-refractivity contribution in [2.24, 2.45) is 7.05 Å². The van der Waals surface area contributed by atoms with E-state index in [1.165, 1.54) is 6.07 Å². The SMILES string of the molecule is C[C@@H]1CN(c2cc(=O)n(C)c3cn(CC#N)nc23)[C@@H](C)CN1[C@@H](C)c1cc2c(cc1F)OCC(C)(C)O2. The Balaban J connectivity index is 1.44. The lowest BCUT2D eigenvalue weighted by Crippen LogP contribution is -2.57. The van der Waals surface area contributed by atoms with Crippen LogP contribution in [0.15, 0.2) is 29.2 Å². The lowest BCUT2D eigenvalue weighted by Gasteiger charge is -2.47. The van der Waals surface area contributed by atoms with E-state index < -0.39 is 5.60 Å². The molecule has 0 radical (unpaired) electrons. The summed E-state index contributed by atoms with van der Waals surface area (Å²) in [6, 6.07) is 6.82. The molecule has 1 aromatic carbocycles. The average Bonchev–Trinajstić information content (AvgIpc) is 3.26. The van der Waals surface area contributed by atoms with Gasteiger partial charge in [-0.1, -0.05) is 0 Å². The molecule has 2 aromatic heterocycles. The van der Waals surface area contributed by atoms with E-state index in [9.17, 15) is 4.79 Å². The molecule has 0 bridgehead atoms. The predicted octanol–water partition coefficient (Wildman–Crippen LogP) is 3.61. The molecule has 0 unspecified atom stereocenters. The van der Waals surface area contributed by atoms with E-state index in [4.69, 9.17) is 14.7 Å². The lowest BCUT2D eigenvalue weighted by molar-refractivity contribution is 0.0205. The normalized spacial score (nSPS) is 22.2. The minimum atomic E-state index is -0.475. The quantitative estimate of drug-likeness (QED) is 0.532. The number of benzene rings is 1. The van der Waals surface area contributed by atoms with Gasteiger partial charge in [-0.3, -0.25) is 14.4 Å². The van der Waals surface area contributed by atoms with Gasteiger partial charge in [0.05, 0.1) is 23.5 Å². The Hall–Kier alpha value is -3.58. The van der Waals surface area contributed by atoms with Crippen molar-refractivity contribution in [3.05, 3.63) is 46.1 Å². The maximum atomic E-state index is 15.2. The van der Waals surface area contributed by atoms with Gasteiger partial charge in [0.1, 0.15) is 30.1 Å². The molecule has 2 aliphatic rings. The average molecular weight is 509 g/mol. The molecule has 37 heavy (non-hydrogen) atoms. The van der Waals surface area contributed by atoms with Gasteiger partial charge in [-0.2, -0.15) is 10.4 Å². The van der Waals surface area contributed by atoms with Crippen LogP contribution in [0.1, 0.15) is 46.2 Å². The molecule has 5 rings (SSSR count). The molecule has 196 valence electrons. The largest absolute Gasteiger partial charge is 0.485 e. The highest BCUT2D eigenvalue weighted by atomic mass is 19.1. The van der Waals surface area contributed by atoms with E-state index in [0.29, 0.717) is 47.8 Å². The highest BCUT2D eigenvalue weighted by molar-refractivity contribution is 5.88. The van der Waals surface area contributed by atoms with Crippen molar-refractivity contribution in [3.63, 3.8) is 0 Å². The molecule has 1 fully saturated rings. The van der Waals surface area contributed by atoms with Crippen molar-refractivity contribution in [2.75, 3.05) is 24.6 Å². The molecule has 4 heterocycles. The van der Waals surface area contributed by atoms with Crippen LogP contribution in [-0.4, -0.2) is 56.6 Å². The molecule has 1 saturated heterocycles. The summed E-state index contributed by atoms with van der Waals surface area (Å²) in [5.41, 5.74) is 2.11. The molecule has 0 saturated carbocycles. The van der Waals surface area contributed by atoms with E-state index in [-0.39, 0.29) is 36.0 Å². The second kappa shape index (κ2) is 9.06. The van der Waals surface area contributed by atoms with Crippen molar-refractivity contribution in [3.8, 4) is 17.6 Å². The van der Waals surface area contributed by atoms with Crippen LogP contribution in [0.2, 0.25) is 0 Å². The third-order valence-electron chi connectivity index (χ3n) is 7.49. The Bertz CT molecular complexity index is 1460. The third-order valence-corrected chi connectivity index (χ3v) is 7.49. The van der Waals surface area contributed by atoms with Crippen molar-refractivity contribution in [1.29, 1.82) is 5.26 Å². The molecule has 0 spiro atoms. The predicted molar refractivity (Wildman–Crippen MR) is 139 cm³/mol. The molecule has 0 amide bonds. The maximum absolute atomic E-state index is 15.2. The number of fused-ring (bicyclic) bond motifs is 2. The number of pyridine rings is 1. The molecule has 10 heteroatoms. The summed E-state index contributed by atoms with van der Waals surface area (Å²) in [7, 11) is 1.71. The fourth-order valence-electron chi connectivity index (χ4n) is 5.46. The first kappa shape index (κ1) is 25.1. The zero-order chi connectivity index (χ0) is 26.6. The van der Waals surface area contributed by atoms with Crippen molar-refractivity contribution in [1.82, 2.24) is 19.2 Å². The number of nitrogens with zero attached hydrogens (tertiary/aromatic N) is 6. The van der Waals surface area contributed by atoms with Gasteiger partial charge in [-0.25, -0.2) is 4.39 Å². The van der Waals surface area contributed by atoms with E-state index in [1.807, 2.05) is 20.8 Å². The first-order valence-corrected chi connectivity index (χ1v) is 12.6. The number of piperazine rings is 1. The molecule has 3 aromatic rings. The van der Waals surface area contributed by atoms with E-state index in [2.05, 4.69) is 34.8 Å². The second-order valence-corrected chi connectivity index (χ2v) is 10.8. The molecule has 2 aliphatic heterocycles. The smallest absolute Gasteiger partial charge is 0.252 e. The Labute approximate surface area is 215 Å². The standard InChI is InChI=1S/C27H33FN6O3/c1-16-13-34(21-11-25(35)31(6)22-14-32(8-7-29)30-26(21)22)17(2)12-33(16)18(3)19-9-24-23(10-20(19)28)36-15-27(4,5)37-24/h9-11,14,16-18H,8,12-13,15H2,1-6H3/t16-,17+,18+/m1/s1. The topological polar surface area (TPSA) is 88.5 Å². The zero-order valence-corrected chi connectivity index (χ0v) is 22.2. The van der Waals surface area contributed by atoms with Gasteiger partial charge < -0.3 is 18.9 Å². The summed E-state index contributed by atoms with van der Waals surface area (Å²) < 4.78 is 30.1. The molecular formula is C27H33FN6O3. The first-order valence-electron chi connectivity index (χ1n) is 12.6. The summed E-state index contributed by atoms with van der Waals surface area (Å²) >= 11 is 0. The van der Waals surface area contributed by atoms with Gasteiger partial charge in [0.2, 0.25) is 0 Å². The number of aryl methyl sites for hydroxylation is 1. The first-order chi connectivity index (χ1) is 17.5. The second-order valence-electron chi connectivity index (χ2n) is 10.8. The number of hydrogen-bond donors (Lipinski definition) is 0. The Morgan fingerprint density at radius 3 is 2.70 bits per heavy atom. The summed E-state index contributed by atoms with van der Waals surface area (Å²) in [5, 5.41) is 13.7. The van der Waals surface area contributed by atoms with Crippen LogP contribution in [0.5, 0.6) is 11.5 Å². The summed E-state index contributed by atoms with van der Waals surface area (Å²) in [6.07, 6.45) is 1.74. The number of nitriles is 1. The lowest BCUT2D eigenvalue weighted by atomic mass is 9.99. The summed E-state index contributed by atoms with van der Waals surface area (Å²) in [6.45, 7) is 11.9. The molecule has 0 N–H and O–H groups in total. The van der Waals surface area contributed by atoms with Crippen LogP contribution in [0.4, 0.5) is 10.1 Å². The fraction of sp³-hybridized carbons (Fsp3) is 0.519. The van der Waals surface area contributed by atoms with Gasteiger partial charge in [-0.05, 0) is 40.7 Å². The number of ether oxygens (including phenoxy) is 2. The van der Waals surface area contributed by atoms with E-state index >= 15 is 4.39 Å². The van der Waals surface area contributed by atoms with Crippen LogP contribution in [0.25, 0.3) is 11.0 Å². The summed E-state index contributed by atoms with van der Waals surface area (Å²) in [4.78, 5) is 17.3. The zero-order valence-electron chi connectivity index (χ0n) is 22.2. The Morgan fingerprint density at radius 1 is 1.22 bits per heavy atom. The Morgan fingerprint density at radius 2 is 1.97 bits per heavy atom. The molecule has 3 atom stereocenters. The minimum absolute atomic E-state index is 0.0364.